The molecule has 1 aliphatic rings. The fourth-order valence-corrected chi connectivity index (χ4v) is 5.48. The fraction of sp³-hybridized carbons (Fsp3) is 0.0833. The zero-order valence-corrected chi connectivity index (χ0v) is 19.8. The van der Waals surface area contributed by atoms with Crippen LogP contribution in [-0.2, 0) is 9.59 Å². The van der Waals surface area contributed by atoms with Crippen LogP contribution in [0.2, 0.25) is 10.0 Å². The van der Waals surface area contributed by atoms with Gasteiger partial charge in [0.15, 0.2) is 0 Å². The van der Waals surface area contributed by atoms with Gasteiger partial charge in [0.2, 0.25) is 0 Å². The van der Waals surface area contributed by atoms with Crippen LogP contribution in [0.4, 0.5) is 5.69 Å². The average molecular weight is 486 g/mol. The number of nitrogens with zero attached hydrogens (tertiary/aromatic N) is 1. The summed E-state index contributed by atoms with van der Waals surface area (Å²) in [5.74, 6) is -0.788. The molecule has 0 radical (unpaired) electrons. The van der Waals surface area contributed by atoms with E-state index in [4.69, 9.17) is 23.2 Å². The first-order chi connectivity index (χ1) is 14.8. The van der Waals surface area contributed by atoms with Gasteiger partial charge in [0.1, 0.15) is 0 Å². The number of benzene rings is 3. The highest BCUT2D eigenvalue weighted by Crippen LogP contribution is 2.45. The van der Waals surface area contributed by atoms with E-state index in [1.165, 1.54) is 29.6 Å². The predicted octanol–water partition coefficient (Wildman–Crippen LogP) is 7.28. The molecule has 0 unspecified atom stereocenters. The number of aryl methyl sites for hydroxylation is 2. The first kappa shape index (κ1) is 22.0. The van der Waals surface area contributed by atoms with Crippen LogP contribution >= 0.6 is 46.7 Å². The number of hydrogen-bond donors (Lipinski definition) is 0. The summed E-state index contributed by atoms with van der Waals surface area (Å²) in [7, 11) is 0. The Labute approximate surface area is 199 Å². The molecule has 1 aliphatic heterocycles. The minimum Gasteiger partial charge on any atom is -0.268 e. The van der Waals surface area contributed by atoms with Crippen LogP contribution in [-0.4, -0.2) is 11.8 Å². The van der Waals surface area contributed by atoms with Gasteiger partial charge in [-0.3, -0.25) is 9.59 Å². The van der Waals surface area contributed by atoms with Crippen molar-refractivity contribution < 1.29 is 9.59 Å². The van der Waals surface area contributed by atoms with E-state index in [0.29, 0.717) is 20.5 Å². The Morgan fingerprint density at radius 1 is 0.677 bits per heavy atom. The van der Waals surface area contributed by atoms with Crippen molar-refractivity contribution in [2.45, 2.75) is 23.6 Å². The maximum Gasteiger partial charge on any atom is 0.273 e. The third kappa shape index (κ3) is 4.70. The number of thioether (sulfide) groups is 2. The molecule has 7 heteroatoms. The molecule has 0 atom stereocenters. The van der Waals surface area contributed by atoms with Gasteiger partial charge in [0, 0.05) is 14.8 Å². The molecule has 0 aliphatic carbocycles. The SMILES string of the molecule is Cc1ccc(SC2=C(Sc3ccc(C)cc3)C(=O)N(c3ccc(Cl)cc3Cl)C2=O)cc1. The number of anilines is 1. The van der Waals surface area contributed by atoms with E-state index in [0.717, 1.165) is 25.8 Å². The molecule has 0 spiro atoms. The van der Waals surface area contributed by atoms with Gasteiger partial charge in [-0.25, -0.2) is 4.90 Å². The van der Waals surface area contributed by atoms with E-state index in [-0.39, 0.29) is 5.02 Å². The lowest BCUT2D eigenvalue weighted by Crippen LogP contribution is -2.31. The monoisotopic (exact) mass is 485 g/mol. The van der Waals surface area contributed by atoms with Crippen LogP contribution in [0.5, 0.6) is 0 Å². The van der Waals surface area contributed by atoms with Gasteiger partial charge in [0.05, 0.1) is 20.5 Å². The number of rotatable bonds is 5. The molecule has 1 heterocycles. The molecule has 2 amide bonds. The summed E-state index contributed by atoms with van der Waals surface area (Å²) in [5.41, 5.74) is 2.56. The summed E-state index contributed by atoms with van der Waals surface area (Å²) in [6.45, 7) is 4.00. The lowest BCUT2D eigenvalue weighted by molar-refractivity contribution is -0.120. The summed E-state index contributed by atoms with van der Waals surface area (Å²) in [6.07, 6.45) is 0. The molecule has 4 rings (SSSR count). The first-order valence-corrected chi connectivity index (χ1v) is 11.8. The molecular weight excluding hydrogens is 469 g/mol. The number of carbonyl (C=O) groups excluding carboxylic acids is 2. The number of amides is 2. The smallest absolute Gasteiger partial charge is 0.268 e. The van der Waals surface area contributed by atoms with Crippen molar-refractivity contribution in [2.24, 2.45) is 0 Å². The van der Waals surface area contributed by atoms with E-state index in [2.05, 4.69) is 0 Å². The van der Waals surface area contributed by atoms with Crippen molar-refractivity contribution in [1.29, 1.82) is 0 Å². The van der Waals surface area contributed by atoms with Gasteiger partial charge in [0.25, 0.3) is 11.8 Å². The zero-order chi connectivity index (χ0) is 22.1. The third-order valence-electron chi connectivity index (χ3n) is 4.63. The van der Waals surface area contributed by atoms with Crippen molar-refractivity contribution in [3.63, 3.8) is 0 Å². The molecule has 156 valence electrons. The van der Waals surface area contributed by atoms with Gasteiger partial charge >= 0.3 is 0 Å². The largest absolute Gasteiger partial charge is 0.273 e. The average Bonchev–Trinajstić information content (AvgIpc) is 2.96. The number of carbonyl (C=O) groups is 2. The van der Waals surface area contributed by atoms with Crippen LogP contribution in [0.3, 0.4) is 0 Å². The van der Waals surface area contributed by atoms with Crippen molar-refractivity contribution in [2.75, 3.05) is 4.90 Å². The molecule has 0 saturated carbocycles. The molecule has 0 bridgehead atoms. The molecule has 0 N–H and O–H groups in total. The highest BCUT2D eigenvalue weighted by molar-refractivity contribution is 8.08. The minimum absolute atomic E-state index is 0.246. The molecular formula is C24H17Cl2NO2S2. The number of hydrogen-bond acceptors (Lipinski definition) is 4. The van der Waals surface area contributed by atoms with E-state index in [1.54, 1.807) is 12.1 Å². The molecule has 0 saturated heterocycles. The van der Waals surface area contributed by atoms with Crippen molar-refractivity contribution in [3.05, 3.63) is 97.7 Å². The lowest BCUT2D eigenvalue weighted by atomic mass is 10.2. The van der Waals surface area contributed by atoms with Gasteiger partial charge in [-0.05, 0) is 56.3 Å². The van der Waals surface area contributed by atoms with Gasteiger partial charge in [-0.2, -0.15) is 0 Å². The molecule has 3 aromatic carbocycles. The lowest BCUT2D eigenvalue weighted by Gasteiger charge is -2.16. The summed E-state index contributed by atoms with van der Waals surface area (Å²) >= 11 is 14.9. The second-order valence-corrected chi connectivity index (χ2v) is 10.0. The van der Waals surface area contributed by atoms with Crippen LogP contribution in [0.1, 0.15) is 11.1 Å². The Morgan fingerprint density at radius 3 is 1.55 bits per heavy atom. The number of imide groups is 1. The Hall–Kier alpha value is -2.18. The predicted molar refractivity (Wildman–Crippen MR) is 130 cm³/mol. The molecule has 0 fully saturated rings. The van der Waals surface area contributed by atoms with Gasteiger partial charge in [-0.1, -0.05) is 82.1 Å². The van der Waals surface area contributed by atoms with Gasteiger partial charge in [-0.15, -0.1) is 0 Å². The first-order valence-electron chi connectivity index (χ1n) is 9.40. The molecule has 3 nitrogen and oxygen atoms in total. The quantitative estimate of drug-likeness (QED) is 0.355. The van der Waals surface area contributed by atoms with E-state index in [1.807, 2.05) is 62.4 Å². The van der Waals surface area contributed by atoms with Crippen LogP contribution in [0, 0.1) is 13.8 Å². The molecule has 31 heavy (non-hydrogen) atoms. The van der Waals surface area contributed by atoms with Crippen LogP contribution < -0.4 is 4.90 Å². The second-order valence-electron chi connectivity index (χ2n) is 7.03. The summed E-state index contributed by atoms with van der Waals surface area (Å²) in [6, 6.07) is 20.4. The highest BCUT2D eigenvalue weighted by atomic mass is 35.5. The molecule has 3 aromatic rings. The van der Waals surface area contributed by atoms with Crippen molar-refractivity contribution >= 4 is 64.2 Å². The van der Waals surface area contributed by atoms with Crippen molar-refractivity contribution in [3.8, 4) is 0 Å². The minimum atomic E-state index is -0.394. The fourth-order valence-electron chi connectivity index (χ4n) is 3.00. The van der Waals surface area contributed by atoms with Crippen molar-refractivity contribution in [1.82, 2.24) is 0 Å². The normalized spacial score (nSPS) is 14.0. The topological polar surface area (TPSA) is 37.4 Å². The Bertz CT molecular complexity index is 1140. The van der Waals surface area contributed by atoms with Crippen LogP contribution in [0.15, 0.2) is 86.3 Å². The zero-order valence-electron chi connectivity index (χ0n) is 16.7. The second kappa shape index (κ2) is 9.13. The summed E-state index contributed by atoms with van der Waals surface area (Å²) < 4.78 is 0. The van der Waals surface area contributed by atoms with E-state index in [9.17, 15) is 9.59 Å². The van der Waals surface area contributed by atoms with Gasteiger partial charge < -0.3 is 0 Å². The third-order valence-corrected chi connectivity index (χ3v) is 7.48. The maximum atomic E-state index is 13.4. The molecule has 0 aromatic heterocycles. The highest BCUT2D eigenvalue weighted by Gasteiger charge is 2.41. The summed E-state index contributed by atoms with van der Waals surface area (Å²) in [5, 5.41) is 0.680. The Balaban J connectivity index is 1.76. The summed E-state index contributed by atoms with van der Waals surface area (Å²) in [4.78, 5) is 30.5. The van der Waals surface area contributed by atoms with E-state index >= 15 is 0 Å². The Kier molecular flexibility index (Phi) is 6.49. The van der Waals surface area contributed by atoms with E-state index < -0.39 is 11.8 Å². The Morgan fingerprint density at radius 2 is 1.13 bits per heavy atom. The maximum absolute atomic E-state index is 13.4. The van der Waals surface area contributed by atoms with Crippen LogP contribution in [0.25, 0.3) is 0 Å². The standard InChI is InChI=1S/C24H17Cl2NO2S2/c1-14-3-8-17(9-4-14)30-21-22(31-18-10-5-15(2)6-11-18)24(29)27(23(21)28)20-12-7-16(25)13-19(20)26/h3-13H,1-2H3. The number of halogens is 2.